The molecule has 6 heteroatoms. The lowest BCUT2D eigenvalue weighted by Crippen LogP contribution is -2.12. The van der Waals surface area contributed by atoms with Gasteiger partial charge in [0.05, 0.1) is 0 Å². The van der Waals surface area contributed by atoms with Crippen molar-refractivity contribution in [3.63, 3.8) is 0 Å². The molecule has 0 atom stereocenters. The summed E-state index contributed by atoms with van der Waals surface area (Å²) < 4.78 is 18.9. The molecule has 0 bridgehead atoms. The molecule has 0 aliphatic rings. The summed E-state index contributed by atoms with van der Waals surface area (Å²) in [5, 5.41) is 0. The highest BCUT2D eigenvalue weighted by atomic mass is 19.1. The smallest absolute Gasteiger partial charge is 0.228 e. The zero-order valence-corrected chi connectivity index (χ0v) is 10.1. The second-order valence-corrected chi connectivity index (χ2v) is 3.88. The fourth-order valence-corrected chi connectivity index (χ4v) is 1.32. The topological polar surface area (TPSA) is 64.3 Å². The Morgan fingerprint density at radius 1 is 1.28 bits per heavy atom. The molecule has 1 aromatic heterocycles. The lowest BCUT2D eigenvalue weighted by atomic mass is 10.3. The minimum absolute atomic E-state index is 0.0765. The third-order valence-corrected chi connectivity index (χ3v) is 2.19. The van der Waals surface area contributed by atoms with E-state index in [-0.39, 0.29) is 11.6 Å². The van der Waals surface area contributed by atoms with E-state index >= 15 is 0 Å². The Hall–Kier alpha value is -2.37. The Balaban J connectivity index is 2.25. The van der Waals surface area contributed by atoms with Crippen molar-refractivity contribution in [2.45, 2.75) is 0 Å². The number of rotatable bonds is 3. The summed E-state index contributed by atoms with van der Waals surface area (Å²) in [6.07, 6.45) is 1.55. The van der Waals surface area contributed by atoms with Crippen molar-refractivity contribution in [1.82, 2.24) is 9.97 Å². The summed E-state index contributed by atoms with van der Waals surface area (Å²) >= 11 is 0. The molecule has 2 aromatic rings. The fraction of sp³-hybridized carbons (Fsp3) is 0.167. The number of benzene rings is 1. The Bertz CT molecular complexity index is 560. The van der Waals surface area contributed by atoms with Crippen LogP contribution in [0.4, 0.5) is 16.0 Å². The van der Waals surface area contributed by atoms with Gasteiger partial charge in [-0.2, -0.15) is 4.98 Å². The standard InChI is InChI=1S/C12H13FN4O/c1-17(2)12-15-6-5-11(16-12)18-10-4-3-8(14)7-9(10)13/h3-7H,14H2,1-2H3. The molecular weight excluding hydrogens is 235 g/mol. The van der Waals surface area contributed by atoms with Gasteiger partial charge in [0.1, 0.15) is 0 Å². The zero-order valence-electron chi connectivity index (χ0n) is 10.1. The van der Waals surface area contributed by atoms with E-state index in [1.807, 2.05) is 14.1 Å². The summed E-state index contributed by atoms with van der Waals surface area (Å²) in [5.41, 5.74) is 5.80. The van der Waals surface area contributed by atoms with Gasteiger partial charge in [-0.3, -0.25) is 0 Å². The maximum Gasteiger partial charge on any atom is 0.228 e. The van der Waals surface area contributed by atoms with E-state index in [1.54, 1.807) is 23.2 Å². The molecule has 0 fully saturated rings. The van der Waals surface area contributed by atoms with Gasteiger partial charge in [0.2, 0.25) is 11.8 Å². The maximum atomic E-state index is 13.5. The van der Waals surface area contributed by atoms with Crippen LogP contribution in [0.2, 0.25) is 0 Å². The lowest BCUT2D eigenvalue weighted by molar-refractivity contribution is 0.427. The molecular formula is C12H13FN4O. The van der Waals surface area contributed by atoms with Crippen molar-refractivity contribution < 1.29 is 9.13 Å². The number of aromatic nitrogens is 2. The van der Waals surface area contributed by atoms with Crippen LogP contribution in [0, 0.1) is 5.82 Å². The molecule has 0 radical (unpaired) electrons. The van der Waals surface area contributed by atoms with Crippen LogP contribution in [-0.2, 0) is 0 Å². The highest BCUT2D eigenvalue weighted by Gasteiger charge is 2.07. The van der Waals surface area contributed by atoms with Crippen LogP contribution < -0.4 is 15.4 Å². The molecule has 0 saturated heterocycles. The molecule has 18 heavy (non-hydrogen) atoms. The van der Waals surface area contributed by atoms with E-state index in [2.05, 4.69) is 9.97 Å². The van der Waals surface area contributed by atoms with Gasteiger partial charge in [-0.25, -0.2) is 9.37 Å². The first-order valence-corrected chi connectivity index (χ1v) is 5.29. The van der Waals surface area contributed by atoms with Crippen molar-refractivity contribution >= 4 is 11.6 Å². The first-order chi connectivity index (χ1) is 8.56. The number of ether oxygens (including phenoxy) is 1. The molecule has 5 nitrogen and oxygen atoms in total. The van der Waals surface area contributed by atoms with Gasteiger partial charge < -0.3 is 15.4 Å². The number of nitrogens with two attached hydrogens (primary N) is 1. The van der Waals surface area contributed by atoms with E-state index in [0.29, 0.717) is 11.6 Å². The largest absolute Gasteiger partial charge is 0.436 e. The normalized spacial score (nSPS) is 10.2. The van der Waals surface area contributed by atoms with E-state index in [9.17, 15) is 4.39 Å². The van der Waals surface area contributed by atoms with E-state index in [1.165, 1.54) is 12.1 Å². The van der Waals surface area contributed by atoms with E-state index < -0.39 is 5.82 Å². The molecule has 0 amide bonds. The number of nitrogen functional groups attached to an aromatic ring is 1. The van der Waals surface area contributed by atoms with Crippen molar-refractivity contribution in [3.05, 3.63) is 36.3 Å². The number of hydrogen-bond acceptors (Lipinski definition) is 5. The van der Waals surface area contributed by atoms with Crippen LogP contribution in [0.1, 0.15) is 0 Å². The molecule has 2 N–H and O–H groups in total. The predicted octanol–water partition coefficient (Wildman–Crippen LogP) is 2.06. The van der Waals surface area contributed by atoms with Crippen LogP contribution in [0.25, 0.3) is 0 Å². The first-order valence-electron chi connectivity index (χ1n) is 5.29. The van der Waals surface area contributed by atoms with Crippen molar-refractivity contribution in [3.8, 4) is 11.6 Å². The number of halogens is 1. The van der Waals surface area contributed by atoms with Crippen molar-refractivity contribution in [2.24, 2.45) is 0 Å². The summed E-state index contributed by atoms with van der Waals surface area (Å²) in [5.74, 6) is 0.313. The van der Waals surface area contributed by atoms with Gasteiger partial charge in [-0.15, -0.1) is 0 Å². The summed E-state index contributed by atoms with van der Waals surface area (Å²) in [7, 11) is 3.62. The predicted molar refractivity (Wildman–Crippen MR) is 67.2 cm³/mol. The van der Waals surface area contributed by atoms with Gasteiger partial charge in [0.15, 0.2) is 11.6 Å². The molecule has 0 saturated carbocycles. The van der Waals surface area contributed by atoms with Crippen LogP contribution in [0.3, 0.4) is 0 Å². The minimum Gasteiger partial charge on any atom is -0.436 e. The molecule has 0 aliphatic heterocycles. The average Bonchev–Trinajstić information content (AvgIpc) is 2.33. The second kappa shape index (κ2) is 4.87. The third kappa shape index (κ3) is 2.65. The molecule has 1 aromatic carbocycles. The van der Waals surface area contributed by atoms with Gasteiger partial charge in [0, 0.05) is 38.1 Å². The van der Waals surface area contributed by atoms with Gasteiger partial charge in [-0.1, -0.05) is 0 Å². The second-order valence-electron chi connectivity index (χ2n) is 3.88. The molecule has 0 aliphatic carbocycles. The lowest BCUT2D eigenvalue weighted by Gasteiger charge is -2.11. The highest BCUT2D eigenvalue weighted by molar-refractivity contribution is 5.44. The maximum absolute atomic E-state index is 13.5. The monoisotopic (exact) mass is 248 g/mol. The summed E-state index contributed by atoms with van der Waals surface area (Å²) in [4.78, 5) is 9.89. The van der Waals surface area contributed by atoms with E-state index in [0.717, 1.165) is 0 Å². The van der Waals surface area contributed by atoms with Crippen LogP contribution in [-0.4, -0.2) is 24.1 Å². The van der Waals surface area contributed by atoms with Crippen LogP contribution in [0.5, 0.6) is 11.6 Å². The molecule has 94 valence electrons. The van der Waals surface area contributed by atoms with E-state index in [4.69, 9.17) is 10.5 Å². The zero-order chi connectivity index (χ0) is 13.1. The number of anilines is 2. The molecule has 2 rings (SSSR count). The van der Waals surface area contributed by atoms with Crippen molar-refractivity contribution in [1.29, 1.82) is 0 Å². The average molecular weight is 248 g/mol. The summed E-state index contributed by atoms with van der Waals surface area (Å²) in [6, 6.07) is 5.78. The Morgan fingerprint density at radius 2 is 2.06 bits per heavy atom. The minimum atomic E-state index is -0.528. The molecule has 0 unspecified atom stereocenters. The fourth-order valence-electron chi connectivity index (χ4n) is 1.32. The van der Waals surface area contributed by atoms with Crippen LogP contribution in [0.15, 0.2) is 30.5 Å². The SMILES string of the molecule is CN(C)c1nccc(Oc2ccc(N)cc2F)n1. The summed E-state index contributed by atoms with van der Waals surface area (Å²) in [6.45, 7) is 0. The van der Waals surface area contributed by atoms with Gasteiger partial charge in [-0.05, 0) is 12.1 Å². The number of hydrogen-bond donors (Lipinski definition) is 1. The van der Waals surface area contributed by atoms with Crippen LogP contribution >= 0.6 is 0 Å². The highest BCUT2D eigenvalue weighted by Crippen LogP contribution is 2.24. The first kappa shape index (κ1) is 12.1. The quantitative estimate of drug-likeness (QED) is 0.842. The Morgan fingerprint density at radius 3 is 2.72 bits per heavy atom. The van der Waals surface area contributed by atoms with Gasteiger partial charge in [0.25, 0.3) is 0 Å². The molecule has 0 spiro atoms. The Kier molecular flexibility index (Phi) is 3.27. The third-order valence-electron chi connectivity index (χ3n) is 2.19. The van der Waals surface area contributed by atoms with Gasteiger partial charge >= 0.3 is 0 Å². The van der Waals surface area contributed by atoms with Crippen molar-refractivity contribution in [2.75, 3.05) is 24.7 Å². The number of nitrogens with zero attached hydrogens (tertiary/aromatic N) is 3. The Labute approximate surface area is 104 Å². The molecule has 1 heterocycles.